The molecule has 2 atom stereocenters. The summed E-state index contributed by atoms with van der Waals surface area (Å²) in [5.74, 6) is -0.323. The third kappa shape index (κ3) is 40.7. The molecular weight excluding hydrogens is 673 g/mol. The predicted molar refractivity (Wildman–Crippen MR) is 220 cm³/mol. The molecule has 0 saturated heterocycles. The molecule has 3 N–H and O–H groups in total. The average molecular weight is 762 g/mol. The largest absolute Gasteiger partial charge is 0.472 e. The zero-order chi connectivity index (χ0) is 38.1. The van der Waals surface area contributed by atoms with Crippen molar-refractivity contribution in [2.24, 2.45) is 5.73 Å². The summed E-state index contributed by atoms with van der Waals surface area (Å²) in [5, 5.41) is 0. The van der Waals surface area contributed by atoms with Crippen molar-refractivity contribution < 1.29 is 32.8 Å². The SMILES string of the molecule is CCCCCCCCCCCCCCCCCCCCCCCC(=O)O[C@H](COCCCCCCCCCCCCCC)COP(=O)(O)OCCN. The fraction of sp³-hybridized carbons (Fsp3) is 0.977. The van der Waals surface area contributed by atoms with Crippen molar-refractivity contribution in [1.82, 2.24) is 0 Å². The molecule has 312 valence electrons. The van der Waals surface area contributed by atoms with Crippen molar-refractivity contribution in [2.45, 2.75) is 238 Å². The fourth-order valence-electron chi connectivity index (χ4n) is 6.70. The molecule has 0 aliphatic heterocycles. The normalized spacial score (nSPS) is 13.4. The van der Waals surface area contributed by atoms with Gasteiger partial charge in [-0.1, -0.05) is 213 Å². The van der Waals surface area contributed by atoms with Crippen molar-refractivity contribution in [3.8, 4) is 0 Å². The van der Waals surface area contributed by atoms with Gasteiger partial charge in [0.25, 0.3) is 0 Å². The van der Waals surface area contributed by atoms with Crippen LogP contribution < -0.4 is 5.73 Å². The topological polar surface area (TPSA) is 117 Å². The number of esters is 1. The molecule has 0 amide bonds. The van der Waals surface area contributed by atoms with E-state index in [-0.39, 0.29) is 32.3 Å². The number of phosphoric acid groups is 1. The summed E-state index contributed by atoms with van der Waals surface area (Å²) in [4.78, 5) is 22.5. The van der Waals surface area contributed by atoms with Gasteiger partial charge in [0, 0.05) is 19.6 Å². The molecule has 0 bridgehead atoms. The molecule has 52 heavy (non-hydrogen) atoms. The van der Waals surface area contributed by atoms with Crippen LogP contribution in [0.1, 0.15) is 232 Å². The molecule has 0 rings (SSSR count). The van der Waals surface area contributed by atoms with Gasteiger partial charge in [0.15, 0.2) is 0 Å². The van der Waals surface area contributed by atoms with Crippen molar-refractivity contribution >= 4 is 13.8 Å². The van der Waals surface area contributed by atoms with Crippen molar-refractivity contribution in [3.63, 3.8) is 0 Å². The fourth-order valence-corrected chi connectivity index (χ4v) is 7.47. The third-order valence-corrected chi connectivity index (χ3v) is 11.0. The molecule has 0 heterocycles. The van der Waals surface area contributed by atoms with Gasteiger partial charge in [-0.05, 0) is 12.8 Å². The minimum absolute atomic E-state index is 0.0901. The van der Waals surface area contributed by atoms with E-state index in [0.717, 1.165) is 32.1 Å². The van der Waals surface area contributed by atoms with Gasteiger partial charge < -0.3 is 20.1 Å². The van der Waals surface area contributed by atoms with E-state index in [1.807, 2.05) is 0 Å². The lowest BCUT2D eigenvalue weighted by molar-refractivity contribution is -0.154. The van der Waals surface area contributed by atoms with E-state index < -0.39 is 13.9 Å². The Morgan fingerprint density at radius 2 is 0.846 bits per heavy atom. The highest BCUT2D eigenvalue weighted by Gasteiger charge is 2.25. The second kappa shape index (κ2) is 41.7. The summed E-state index contributed by atoms with van der Waals surface area (Å²) in [6, 6.07) is 0. The molecule has 0 aromatic heterocycles. The van der Waals surface area contributed by atoms with Crippen LogP contribution in [0, 0.1) is 0 Å². The van der Waals surface area contributed by atoms with Crippen LogP contribution in [-0.2, 0) is 27.9 Å². The third-order valence-electron chi connectivity index (χ3n) is 10.0. The molecule has 0 spiro atoms. The molecule has 0 fully saturated rings. The Bertz CT molecular complexity index is 772. The molecule has 0 aromatic carbocycles. The number of carbonyl (C=O) groups is 1. The minimum atomic E-state index is -4.27. The van der Waals surface area contributed by atoms with Gasteiger partial charge in [-0.2, -0.15) is 0 Å². The van der Waals surface area contributed by atoms with E-state index in [1.54, 1.807) is 0 Å². The van der Waals surface area contributed by atoms with Crippen LogP contribution in [-0.4, -0.2) is 49.9 Å². The molecule has 0 radical (unpaired) electrons. The highest BCUT2D eigenvalue weighted by molar-refractivity contribution is 7.47. The van der Waals surface area contributed by atoms with Crippen LogP contribution in [0.15, 0.2) is 0 Å². The smallest absolute Gasteiger partial charge is 0.457 e. The maximum Gasteiger partial charge on any atom is 0.472 e. The number of carbonyl (C=O) groups excluding carboxylic acids is 1. The summed E-state index contributed by atoms with van der Waals surface area (Å²) in [5.41, 5.74) is 5.37. The maximum atomic E-state index is 12.6. The first-order valence-electron chi connectivity index (χ1n) is 22.5. The Labute approximate surface area is 322 Å². The van der Waals surface area contributed by atoms with Crippen LogP contribution in [0.3, 0.4) is 0 Å². The van der Waals surface area contributed by atoms with E-state index in [4.69, 9.17) is 24.3 Å². The van der Waals surface area contributed by atoms with Crippen LogP contribution in [0.5, 0.6) is 0 Å². The number of ether oxygens (including phenoxy) is 2. The van der Waals surface area contributed by atoms with Gasteiger partial charge in [0.05, 0.1) is 19.8 Å². The van der Waals surface area contributed by atoms with E-state index in [2.05, 4.69) is 13.8 Å². The van der Waals surface area contributed by atoms with Gasteiger partial charge in [0.2, 0.25) is 0 Å². The van der Waals surface area contributed by atoms with Crippen LogP contribution in [0.2, 0.25) is 0 Å². The Morgan fingerprint density at radius 3 is 1.21 bits per heavy atom. The number of unbranched alkanes of at least 4 members (excludes halogenated alkanes) is 31. The highest BCUT2D eigenvalue weighted by atomic mass is 31.2. The number of nitrogens with two attached hydrogens (primary N) is 1. The molecular formula is C43H88NO7P. The van der Waals surface area contributed by atoms with Gasteiger partial charge in [-0.15, -0.1) is 0 Å². The predicted octanol–water partition coefficient (Wildman–Crippen LogP) is 13.3. The van der Waals surface area contributed by atoms with Gasteiger partial charge in [-0.3, -0.25) is 13.8 Å². The van der Waals surface area contributed by atoms with Gasteiger partial charge >= 0.3 is 13.8 Å². The molecule has 8 nitrogen and oxygen atoms in total. The number of phosphoric ester groups is 1. The molecule has 0 aliphatic rings. The summed E-state index contributed by atoms with van der Waals surface area (Å²) < 4.78 is 33.4. The summed E-state index contributed by atoms with van der Waals surface area (Å²) in [6.45, 7) is 4.98. The van der Waals surface area contributed by atoms with Crippen LogP contribution in [0.4, 0.5) is 0 Å². The van der Waals surface area contributed by atoms with E-state index in [1.165, 1.54) is 180 Å². The standard InChI is InChI=1S/C43H88NO7P/c1-3-5-7-9-11-13-15-17-18-19-20-21-22-23-24-25-26-28-30-32-34-36-43(45)51-42(41-50-52(46,47)49-39-37-44)40-48-38-35-33-31-29-27-16-14-12-10-8-6-4-2/h42H,3-41,44H2,1-2H3,(H,46,47)/t42-/m1/s1. The van der Waals surface area contributed by atoms with Crippen molar-refractivity contribution in [2.75, 3.05) is 33.0 Å². The lowest BCUT2D eigenvalue weighted by Gasteiger charge is -2.20. The number of rotatable bonds is 44. The first-order valence-corrected chi connectivity index (χ1v) is 24.0. The van der Waals surface area contributed by atoms with Crippen molar-refractivity contribution in [1.29, 1.82) is 0 Å². The average Bonchev–Trinajstić information content (AvgIpc) is 3.13. The molecule has 9 heteroatoms. The first-order chi connectivity index (χ1) is 25.4. The van der Waals surface area contributed by atoms with E-state index in [0.29, 0.717) is 13.0 Å². The van der Waals surface area contributed by atoms with Crippen LogP contribution in [0.25, 0.3) is 0 Å². The Hall–Kier alpha value is -0.500. The Balaban J connectivity index is 3.90. The van der Waals surface area contributed by atoms with E-state index in [9.17, 15) is 14.3 Å². The lowest BCUT2D eigenvalue weighted by atomic mass is 10.0. The van der Waals surface area contributed by atoms with E-state index >= 15 is 0 Å². The zero-order valence-electron chi connectivity index (χ0n) is 34.6. The van der Waals surface area contributed by atoms with Gasteiger partial charge in [-0.25, -0.2) is 4.57 Å². The van der Waals surface area contributed by atoms with Crippen molar-refractivity contribution in [3.05, 3.63) is 0 Å². The quantitative estimate of drug-likeness (QED) is 0.0358. The van der Waals surface area contributed by atoms with Crippen LogP contribution >= 0.6 is 7.82 Å². The Kier molecular flexibility index (Phi) is 41.3. The number of hydrogen-bond donors (Lipinski definition) is 2. The molecule has 0 aromatic rings. The lowest BCUT2D eigenvalue weighted by Crippen LogP contribution is -2.28. The Morgan fingerprint density at radius 1 is 0.500 bits per heavy atom. The highest BCUT2D eigenvalue weighted by Crippen LogP contribution is 2.43. The minimum Gasteiger partial charge on any atom is -0.457 e. The summed E-state index contributed by atoms with van der Waals surface area (Å²) in [6.07, 6.45) is 42.6. The zero-order valence-corrected chi connectivity index (χ0v) is 35.5. The molecule has 0 saturated carbocycles. The number of hydrogen-bond acceptors (Lipinski definition) is 7. The monoisotopic (exact) mass is 762 g/mol. The maximum absolute atomic E-state index is 12.6. The van der Waals surface area contributed by atoms with Gasteiger partial charge in [0.1, 0.15) is 6.10 Å². The second-order valence-electron chi connectivity index (χ2n) is 15.3. The molecule has 0 aliphatic carbocycles. The first kappa shape index (κ1) is 51.5. The summed E-state index contributed by atoms with van der Waals surface area (Å²) in [7, 11) is -4.27. The second-order valence-corrected chi connectivity index (χ2v) is 16.7. The molecule has 1 unspecified atom stereocenters. The summed E-state index contributed by atoms with van der Waals surface area (Å²) >= 11 is 0.